The zero-order valence-corrected chi connectivity index (χ0v) is 12.5. The van der Waals surface area contributed by atoms with Gasteiger partial charge in [0.25, 0.3) is 0 Å². The van der Waals surface area contributed by atoms with Crippen molar-refractivity contribution in [3.05, 3.63) is 66.2 Å². The highest BCUT2D eigenvalue weighted by Crippen LogP contribution is 2.03. The van der Waals surface area contributed by atoms with Gasteiger partial charge in [-0.15, -0.1) is 0 Å². The maximum absolute atomic E-state index is 8.63. The van der Waals surface area contributed by atoms with Gasteiger partial charge in [0, 0.05) is 6.54 Å². The van der Waals surface area contributed by atoms with Gasteiger partial charge in [0.1, 0.15) is 5.75 Å². The van der Waals surface area contributed by atoms with Crippen molar-refractivity contribution >= 4 is 0 Å². The van der Waals surface area contributed by atoms with Gasteiger partial charge in [-0.1, -0.05) is 62.4 Å². The third-order valence-electron chi connectivity index (χ3n) is 3.21. The molecule has 0 aliphatic carbocycles. The van der Waals surface area contributed by atoms with Crippen LogP contribution in [0.5, 0.6) is 5.75 Å². The Balaban J connectivity index is 0.000000240. The Morgan fingerprint density at radius 2 is 1.30 bits per heavy atom. The number of rotatable bonds is 5. The molecule has 0 bridgehead atoms. The average molecular weight is 271 g/mol. The average Bonchev–Trinajstić information content (AvgIpc) is 2.51. The summed E-state index contributed by atoms with van der Waals surface area (Å²) in [5.74, 6) is 0.322. The number of hydrogen-bond acceptors (Lipinski definition) is 2. The van der Waals surface area contributed by atoms with E-state index in [2.05, 4.69) is 49.1 Å². The smallest absolute Gasteiger partial charge is 0.115 e. The first-order valence-electron chi connectivity index (χ1n) is 7.26. The Labute approximate surface area is 122 Å². The van der Waals surface area contributed by atoms with Crippen molar-refractivity contribution in [1.29, 1.82) is 0 Å². The number of aromatic hydroxyl groups is 1. The van der Waals surface area contributed by atoms with Gasteiger partial charge in [0.05, 0.1) is 0 Å². The fourth-order valence-electron chi connectivity index (χ4n) is 1.90. The lowest BCUT2D eigenvalue weighted by Gasteiger charge is -2.17. The SMILES string of the molecule is CCN(CC)CCc1ccccc1.Oc1ccccc1. The number of hydrogen-bond donors (Lipinski definition) is 1. The molecular formula is C18H25NO. The Morgan fingerprint density at radius 1 is 0.800 bits per heavy atom. The van der Waals surface area contributed by atoms with Crippen LogP contribution in [0.2, 0.25) is 0 Å². The maximum Gasteiger partial charge on any atom is 0.115 e. The Morgan fingerprint density at radius 3 is 1.70 bits per heavy atom. The van der Waals surface area contributed by atoms with Crippen LogP contribution in [0.3, 0.4) is 0 Å². The van der Waals surface area contributed by atoms with E-state index in [1.165, 1.54) is 18.5 Å². The van der Waals surface area contributed by atoms with Gasteiger partial charge >= 0.3 is 0 Å². The van der Waals surface area contributed by atoms with Crippen molar-refractivity contribution < 1.29 is 5.11 Å². The second-order valence-corrected chi connectivity index (χ2v) is 4.60. The number of phenols is 1. The summed E-state index contributed by atoms with van der Waals surface area (Å²) in [7, 11) is 0. The molecule has 0 aliphatic rings. The second-order valence-electron chi connectivity index (χ2n) is 4.60. The summed E-state index contributed by atoms with van der Waals surface area (Å²) < 4.78 is 0. The molecule has 2 aromatic carbocycles. The summed E-state index contributed by atoms with van der Waals surface area (Å²) in [6.45, 7) is 7.92. The van der Waals surface area contributed by atoms with Crippen LogP contribution in [0, 0.1) is 0 Å². The highest BCUT2D eigenvalue weighted by molar-refractivity contribution is 5.18. The molecule has 2 heteroatoms. The molecule has 20 heavy (non-hydrogen) atoms. The van der Waals surface area contributed by atoms with Crippen LogP contribution in [0.15, 0.2) is 60.7 Å². The van der Waals surface area contributed by atoms with Crippen molar-refractivity contribution in [2.24, 2.45) is 0 Å². The van der Waals surface area contributed by atoms with E-state index in [4.69, 9.17) is 5.11 Å². The number of likely N-dealkylation sites (N-methyl/N-ethyl adjacent to an activating group) is 1. The van der Waals surface area contributed by atoms with E-state index >= 15 is 0 Å². The minimum atomic E-state index is 0.322. The van der Waals surface area contributed by atoms with E-state index in [9.17, 15) is 0 Å². The standard InChI is InChI=1S/C12H19N.C6H6O/c1-3-13(4-2)11-10-12-8-6-5-7-9-12;7-6-4-2-1-3-5-6/h5-9H,3-4,10-11H2,1-2H3;1-5,7H. The van der Waals surface area contributed by atoms with Crippen molar-refractivity contribution in [3.63, 3.8) is 0 Å². The third kappa shape index (κ3) is 6.95. The lowest BCUT2D eigenvalue weighted by Crippen LogP contribution is -2.25. The predicted octanol–water partition coefficient (Wildman–Crippen LogP) is 3.96. The third-order valence-corrected chi connectivity index (χ3v) is 3.21. The van der Waals surface area contributed by atoms with E-state index in [0.29, 0.717) is 5.75 Å². The molecule has 0 spiro atoms. The molecule has 0 unspecified atom stereocenters. The fourth-order valence-corrected chi connectivity index (χ4v) is 1.90. The first kappa shape index (κ1) is 16.3. The van der Waals surface area contributed by atoms with E-state index in [0.717, 1.165) is 13.1 Å². The highest BCUT2D eigenvalue weighted by atomic mass is 16.3. The normalized spacial score (nSPS) is 9.95. The topological polar surface area (TPSA) is 23.5 Å². The van der Waals surface area contributed by atoms with Crippen LogP contribution in [0.25, 0.3) is 0 Å². The highest BCUT2D eigenvalue weighted by Gasteiger charge is 1.98. The minimum absolute atomic E-state index is 0.322. The largest absolute Gasteiger partial charge is 0.508 e. The van der Waals surface area contributed by atoms with Gasteiger partial charge in [-0.25, -0.2) is 0 Å². The molecular weight excluding hydrogens is 246 g/mol. The molecule has 0 aliphatic heterocycles. The molecule has 0 saturated carbocycles. The van der Waals surface area contributed by atoms with Crippen LogP contribution in [-0.4, -0.2) is 29.6 Å². The van der Waals surface area contributed by atoms with E-state index in [1.807, 2.05) is 6.07 Å². The number of phenolic OH excluding ortho intramolecular Hbond substituents is 1. The van der Waals surface area contributed by atoms with Crippen LogP contribution >= 0.6 is 0 Å². The molecule has 0 fully saturated rings. The first-order chi connectivity index (χ1) is 9.76. The Bertz CT molecular complexity index is 437. The molecule has 0 amide bonds. The Kier molecular flexibility index (Phi) is 8.16. The summed E-state index contributed by atoms with van der Waals surface area (Å²) in [5, 5.41) is 8.63. The van der Waals surface area contributed by atoms with Crippen LogP contribution in [0.1, 0.15) is 19.4 Å². The fraction of sp³-hybridized carbons (Fsp3) is 0.333. The zero-order chi connectivity index (χ0) is 14.6. The molecule has 1 N–H and O–H groups in total. The molecule has 0 saturated heterocycles. The van der Waals surface area contributed by atoms with Crippen molar-refractivity contribution in [3.8, 4) is 5.75 Å². The molecule has 0 atom stereocenters. The summed E-state index contributed by atoms with van der Waals surface area (Å²) >= 11 is 0. The molecule has 0 radical (unpaired) electrons. The van der Waals surface area contributed by atoms with Crippen molar-refractivity contribution in [1.82, 2.24) is 4.90 Å². The van der Waals surface area contributed by atoms with Gasteiger partial charge in [0.2, 0.25) is 0 Å². The lowest BCUT2D eigenvalue weighted by molar-refractivity contribution is 0.308. The van der Waals surface area contributed by atoms with Crippen LogP contribution in [-0.2, 0) is 6.42 Å². The molecule has 2 nitrogen and oxygen atoms in total. The molecule has 0 aromatic heterocycles. The monoisotopic (exact) mass is 271 g/mol. The predicted molar refractivity (Wildman–Crippen MR) is 86.0 cm³/mol. The van der Waals surface area contributed by atoms with Gasteiger partial charge in [-0.3, -0.25) is 0 Å². The summed E-state index contributed by atoms with van der Waals surface area (Å²) in [4.78, 5) is 2.45. The van der Waals surface area contributed by atoms with Gasteiger partial charge in [-0.2, -0.15) is 0 Å². The zero-order valence-electron chi connectivity index (χ0n) is 12.5. The van der Waals surface area contributed by atoms with Crippen LogP contribution < -0.4 is 0 Å². The van der Waals surface area contributed by atoms with Gasteiger partial charge in [0.15, 0.2) is 0 Å². The maximum atomic E-state index is 8.63. The van der Waals surface area contributed by atoms with Gasteiger partial charge in [-0.05, 0) is 37.2 Å². The Hall–Kier alpha value is -1.80. The second kappa shape index (κ2) is 10.0. The van der Waals surface area contributed by atoms with E-state index in [1.54, 1.807) is 24.3 Å². The quantitative estimate of drug-likeness (QED) is 0.889. The molecule has 2 rings (SSSR count). The summed E-state index contributed by atoms with van der Waals surface area (Å²) in [6.07, 6.45) is 1.17. The van der Waals surface area contributed by atoms with E-state index in [-0.39, 0.29) is 0 Å². The lowest BCUT2D eigenvalue weighted by atomic mass is 10.1. The molecule has 108 valence electrons. The number of benzene rings is 2. The van der Waals surface area contributed by atoms with Crippen molar-refractivity contribution in [2.75, 3.05) is 19.6 Å². The summed E-state index contributed by atoms with van der Waals surface area (Å²) in [5.41, 5.74) is 1.44. The first-order valence-corrected chi connectivity index (χ1v) is 7.26. The van der Waals surface area contributed by atoms with E-state index < -0.39 is 0 Å². The molecule has 0 heterocycles. The summed E-state index contributed by atoms with van der Waals surface area (Å²) in [6, 6.07) is 19.4. The molecule has 2 aromatic rings. The van der Waals surface area contributed by atoms with Crippen molar-refractivity contribution in [2.45, 2.75) is 20.3 Å². The van der Waals surface area contributed by atoms with Gasteiger partial charge < -0.3 is 10.0 Å². The number of nitrogens with zero attached hydrogens (tertiary/aromatic N) is 1. The minimum Gasteiger partial charge on any atom is -0.508 e. The number of para-hydroxylation sites is 1. The van der Waals surface area contributed by atoms with Crippen LogP contribution in [0.4, 0.5) is 0 Å².